The van der Waals surface area contributed by atoms with Gasteiger partial charge in [0.25, 0.3) is 0 Å². The van der Waals surface area contributed by atoms with Gasteiger partial charge in [-0.15, -0.1) is 0 Å². The zero-order valence-electron chi connectivity index (χ0n) is 11.8. The summed E-state index contributed by atoms with van der Waals surface area (Å²) in [7, 11) is 0. The third-order valence-electron chi connectivity index (χ3n) is 3.52. The Labute approximate surface area is 132 Å². The topological polar surface area (TPSA) is 67.2 Å². The van der Waals surface area contributed by atoms with E-state index < -0.39 is 0 Å². The summed E-state index contributed by atoms with van der Waals surface area (Å²) >= 11 is 6.13. The van der Waals surface area contributed by atoms with Gasteiger partial charge in [0.1, 0.15) is 6.54 Å². The van der Waals surface area contributed by atoms with E-state index in [9.17, 15) is 9.59 Å². The summed E-state index contributed by atoms with van der Waals surface area (Å²) < 4.78 is 1.68. The standard InChI is InChI=1S/C15H15ClN4O2/c16-12-3-1-2-4-13(12)20-8-11(7-15(20)22)18-14(21)9-19-6-5-17-10-19/h1-6,10-11H,7-9H2,(H,18,21). The molecule has 22 heavy (non-hydrogen) atoms. The monoisotopic (exact) mass is 318 g/mol. The normalized spacial score (nSPS) is 17.8. The minimum Gasteiger partial charge on any atom is -0.349 e. The number of amides is 2. The van der Waals surface area contributed by atoms with Crippen LogP contribution in [0.2, 0.25) is 5.02 Å². The molecule has 0 aliphatic carbocycles. The third kappa shape index (κ3) is 3.12. The number of carbonyl (C=O) groups is 2. The molecule has 1 unspecified atom stereocenters. The smallest absolute Gasteiger partial charge is 0.240 e. The van der Waals surface area contributed by atoms with Gasteiger partial charge in [0.2, 0.25) is 11.8 Å². The maximum Gasteiger partial charge on any atom is 0.240 e. The SMILES string of the molecule is O=C(Cn1ccnc1)NC1CC(=O)N(c2ccccc2Cl)C1. The van der Waals surface area contributed by atoms with Gasteiger partial charge in [0, 0.05) is 25.4 Å². The minimum absolute atomic E-state index is 0.0407. The van der Waals surface area contributed by atoms with Crippen LogP contribution < -0.4 is 10.2 Å². The van der Waals surface area contributed by atoms with E-state index in [1.165, 1.54) is 0 Å². The highest BCUT2D eigenvalue weighted by Crippen LogP contribution is 2.28. The van der Waals surface area contributed by atoms with Crippen molar-refractivity contribution in [2.45, 2.75) is 19.0 Å². The van der Waals surface area contributed by atoms with Crippen molar-refractivity contribution in [3.05, 3.63) is 48.0 Å². The number of hydrogen-bond donors (Lipinski definition) is 1. The van der Waals surface area contributed by atoms with E-state index in [4.69, 9.17) is 11.6 Å². The molecule has 2 amide bonds. The molecule has 1 aliphatic rings. The highest BCUT2D eigenvalue weighted by atomic mass is 35.5. The van der Waals surface area contributed by atoms with Gasteiger partial charge in [-0.1, -0.05) is 23.7 Å². The molecule has 0 saturated carbocycles. The predicted octanol–water partition coefficient (Wildman–Crippen LogP) is 1.46. The van der Waals surface area contributed by atoms with E-state index >= 15 is 0 Å². The van der Waals surface area contributed by atoms with Crippen LogP contribution in [0.15, 0.2) is 43.0 Å². The third-order valence-corrected chi connectivity index (χ3v) is 3.84. The number of aromatic nitrogens is 2. The number of imidazole rings is 1. The summed E-state index contributed by atoms with van der Waals surface area (Å²) in [6.45, 7) is 0.620. The van der Waals surface area contributed by atoms with E-state index in [-0.39, 0.29) is 30.8 Å². The highest BCUT2D eigenvalue weighted by Gasteiger charge is 2.32. The average Bonchev–Trinajstić information content (AvgIpc) is 3.09. The number of benzene rings is 1. The Hall–Kier alpha value is -2.34. The van der Waals surface area contributed by atoms with Crippen molar-refractivity contribution in [3.8, 4) is 0 Å². The van der Waals surface area contributed by atoms with E-state index in [1.807, 2.05) is 12.1 Å². The molecule has 1 N–H and O–H groups in total. The number of nitrogens with one attached hydrogen (secondary N) is 1. The van der Waals surface area contributed by atoms with Gasteiger partial charge in [0.15, 0.2) is 0 Å². The first-order valence-corrected chi connectivity index (χ1v) is 7.31. The molecule has 2 heterocycles. The van der Waals surface area contributed by atoms with Gasteiger partial charge >= 0.3 is 0 Å². The fourth-order valence-corrected chi connectivity index (χ4v) is 2.76. The quantitative estimate of drug-likeness (QED) is 0.928. The van der Waals surface area contributed by atoms with Crippen molar-refractivity contribution in [3.63, 3.8) is 0 Å². The molecule has 0 radical (unpaired) electrons. The Morgan fingerprint density at radius 1 is 1.41 bits per heavy atom. The van der Waals surface area contributed by atoms with Crippen molar-refractivity contribution >= 4 is 29.1 Å². The molecule has 1 fully saturated rings. The molecule has 114 valence electrons. The Morgan fingerprint density at radius 2 is 2.23 bits per heavy atom. The lowest BCUT2D eigenvalue weighted by Gasteiger charge is -2.18. The van der Waals surface area contributed by atoms with Crippen LogP contribution in [0, 0.1) is 0 Å². The lowest BCUT2D eigenvalue weighted by molar-refractivity contribution is -0.122. The van der Waals surface area contributed by atoms with E-state index in [0.717, 1.165) is 0 Å². The second-order valence-corrected chi connectivity index (χ2v) is 5.57. The fourth-order valence-electron chi connectivity index (χ4n) is 2.53. The number of para-hydroxylation sites is 1. The lowest BCUT2D eigenvalue weighted by atomic mass is 10.2. The molecule has 1 aliphatic heterocycles. The highest BCUT2D eigenvalue weighted by molar-refractivity contribution is 6.33. The molecule has 0 spiro atoms. The van der Waals surface area contributed by atoms with E-state index in [1.54, 1.807) is 40.3 Å². The minimum atomic E-state index is -0.209. The van der Waals surface area contributed by atoms with Gasteiger partial charge in [-0.25, -0.2) is 4.98 Å². The molecule has 7 heteroatoms. The number of rotatable bonds is 4. The first kappa shape index (κ1) is 14.6. The van der Waals surface area contributed by atoms with Gasteiger partial charge in [-0.3, -0.25) is 9.59 Å². The summed E-state index contributed by atoms with van der Waals surface area (Å²) in [5.41, 5.74) is 0.681. The molecule has 3 rings (SSSR count). The predicted molar refractivity (Wildman–Crippen MR) is 82.6 cm³/mol. The maximum atomic E-state index is 12.1. The maximum absolute atomic E-state index is 12.1. The Bertz CT molecular complexity index is 687. The van der Waals surface area contributed by atoms with Crippen molar-refractivity contribution in [1.29, 1.82) is 0 Å². The largest absolute Gasteiger partial charge is 0.349 e. The molecule has 1 aromatic carbocycles. The van der Waals surface area contributed by atoms with Crippen molar-refractivity contribution in [2.24, 2.45) is 0 Å². The van der Waals surface area contributed by atoms with Gasteiger partial charge in [-0.05, 0) is 12.1 Å². The molecular formula is C15H15ClN4O2. The molecule has 1 saturated heterocycles. The van der Waals surface area contributed by atoms with Crippen LogP contribution in [0.3, 0.4) is 0 Å². The van der Waals surface area contributed by atoms with Crippen LogP contribution in [0.25, 0.3) is 0 Å². The average molecular weight is 319 g/mol. The fraction of sp³-hybridized carbons (Fsp3) is 0.267. The molecule has 0 bridgehead atoms. The second-order valence-electron chi connectivity index (χ2n) is 5.16. The first-order valence-electron chi connectivity index (χ1n) is 6.93. The Kier molecular flexibility index (Phi) is 4.11. The van der Waals surface area contributed by atoms with Crippen LogP contribution in [-0.4, -0.2) is 34.0 Å². The van der Waals surface area contributed by atoms with E-state index in [2.05, 4.69) is 10.3 Å². The first-order chi connectivity index (χ1) is 10.6. The summed E-state index contributed by atoms with van der Waals surface area (Å²) in [5, 5.41) is 3.40. The molecule has 1 aromatic heterocycles. The molecule has 6 nitrogen and oxygen atoms in total. The summed E-state index contributed by atoms with van der Waals surface area (Å²) in [6, 6.07) is 6.99. The summed E-state index contributed by atoms with van der Waals surface area (Å²) in [5.74, 6) is -0.183. The van der Waals surface area contributed by atoms with Crippen molar-refractivity contribution in [1.82, 2.24) is 14.9 Å². The zero-order chi connectivity index (χ0) is 15.5. The molecule has 1 atom stereocenters. The number of carbonyl (C=O) groups excluding carboxylic acids is 2. The summed E-state index contributed by atoms with van der Waals surface area (Å²) in [6.07, 6.45) is 5.19. The lowest BCUT2D eigenvalue weighted by Crippen LogP contribution is -2.38. The number of hydrogen-bond acceptors (Lipinski definition) is 3. The van der Waals surface area contributed by atoms with Crippen LogP contribution in [-0.2, 0) is 16.1 Å². The Morgan fingerprint density at radius 3 is 2.95 bits per heavy atom. The van der Waals surface area contributed by atoms with E-state index in [0.29, 0.717) is 17.3 Å². The number of nitrogens with zero attached hydrogens (tertiary/aromatic N) is 3. The Balaban J connectivity index is 1.62. The van der Waals surface area contributed by atoms with Crippen molar-refractivity contribution in [2.75, 3.05) is 11.4 Å². The van der Waals surface area contributed by atoms with Crippen LogP contribution >= 0.6 is 11.6 Å². The zero-order valence-corrected chi connectivity index (χ0v) is 12.5. The number of halogens is 1. The van der Waals surface area contributed by atoms with Gasteiger partial charge in [-0.2, -0.15) is 0 Å². The van der Waals surface area contributed by atoms with Crippen molar-refractivity contribution < 1.29 is 9.59 Å². The van der Waals surface area contributed by atoms with Crippen LogP contribution in [0.1, 0.15) is 6.42 Å². The van der Waals surface area contributed by atoms with Gasteiger partial charge in [0.05, 0.1) is 23.1 Å². The molecular weight excluding hydrogens is 304 g/mol. The second kappa shape index (κ2) is 6.19. The van der Waals surface area contributed by atoms with Crippen LogP contribution in [0.5, 0.6) is 0 Å². The summed E-state index contributed by atoms with van der Waals surface area (Å²) in [4.78, 5) is 29.6. The molecule has 2 aromatic rings. The van der Waals surface area contributed by atoms with Gasteiger partial charge < -0.3 is 14.8 Å². The van der Waals surface area contributed by atoms with Crippen LogP contribution in [0.4, 0.5) is 5.69 Å². The number of anilines is 1.